The lowest BCUT2D eigenvalue weighted by Gasteiger charge is -2.28. The van der Waals surface area contributed by atoms with Crippen LogP contribution >= 0.6 is 11.3 Å². The number of benzene rings is 1. The van der Waals surface area contributed by atoms with Gasteiger partial charge < -0.3 is 15.0 Å². The maximum Gasteiger partial charge on any atom is 0.262 e. The number of hydrogen-bond donors (Lipinski definition) is 1. The molecule has 0 spiro atoms. The van der Waals surface area contributed by atoms with Gasteiger partial charge in [0.25, 0.3) is 5.91 Å². The largest absolute Gasteiger partial charge is 0.378 e. The van der Waals surface area contributed by atoms with Crippen LogP contribution in [0.2, 0.25) is 0 Å². The zero-order chi connectivity index (χ0) is 19.7. The van der Waals surface area contributed by atoms with Gasteiger partial charge in [0, 0.05) is 13.1 Å². The number of amides is 1. The minimum atomic E-state index is -0.0672. The number of ether oxygens (including phenoxy) is 1. The van der Waals surface area contributed by atoms with Crippen LogP contribution in [-0.4, -0.2) is 42.2 Å². The molecule has 0 unspecified atom stereocenters. The fourth-order valence-electron chi connectivity index (χ4n) is 3.53. The topological polar surface area (TPSA) is 67.4 Å². The maximum absolute atomic E-state index is 13.0. The Morgan fingerprint density at radius 2 is 1.89 bits per heavy atom. The Morgan fingerprint density at radius 1 is 1.18 bits per heavy atom. The Kier molecular flexibility index (Phi) is 5.28. The molecule has 0 bridgehead atoms. The predicted octanol–water partition coefficient (Wildman–Crippen LogP) is 3.64. The minimum Gasteiger partial charge on any atom is -0.378 e. The van der Waals surface area contributed by atoms with Gasteiger partial charge in [0.1, 0.15) is 16.5 Å². The Bertz CT molecular complexity index is 997. The van der Waals surface area contributed by atoms with Gasteiger partial charge in [-0.05, 0) is 31.9 Å². The molecule has 1 atom stereocenters. The summed E-state index contributed by atoms with van der Waals surface area (Å²) in [4.78, 5) is 26.1. The van der Waals surface area contributed by atoms with Gasteiger partial charge in [0.15, 0.2) is 0 Å². The fraction of sp³-hybridized carbons (Fsp3) is 0.381. The highest BCUT2D eigenvalue weighted by atomic mass is 32.1. The van der Waals surface area contributed by atoms with Crippen LogP contribution in [0.25, 0.3) is 10.2 Å². The Labute approximate surface area is 168 Å². The van der Waals surface area contributed by atoms with E-state index in [2.05, 4.69) is 15.2 Å². The number of thiophene rings is 1. The number of nitrogens with one attached hydrogen (secondary N) is 1. The number of hydrogen-bond acceptors (Lipinski definition) is 6. The van der Waals surface area contributed by atoms with Gasteiger partial charge in [0.05, 0.1) is 29.5 Å². The van der Waals surface area contributed by atoms with Crippen LogP contribution in [0.15, 0.2) is 30.3 Å². The predicted molar refractivity (Wildman–Crippen MR) is 112 cm³/mol. The summed E-state index contributed by atoms with van der Waals surface area (Å²) in [6, 6.07) is 9.92. The first-order chi connectivity index (χ1) is 13.5. The van der Waals surface area contributed by atoms with Crippen molar-refractivity contribution in [2.45, 2.75) is 26.8 Å². The second kappa shape index (κ2) is 7.85. The lowest BCUT2D eigenvalue weighted by atomic mass is 10.1. The van der Waals surface area contributed by atoms with Crippen LogP contribution in [0.5, 0.6) is 0 Å². The van der Waals surface area contributed by atoms with Gasteiger partial charge in [-0.15, -0.1) is 11.3 Å². The van der Waals surface area contributed by atoms with Crippen molar-refractivity contribution in [3.8, 4) is 0 Å². The number of nitrogens with zero attached hydrogens (tertiary/aromatic N) is 3. The van der Waals surface area contributed by atoms with Gasteiger partial charge in [-0.2, -0.15) is 0 Å². The molecule has 1 aliphatic heterocycles. The van der Waals surface area contributed by atoms with Crippen molar-refractivity contribution in [2.75, 3.05) is 31.2 Å². The van der Waals surface area contributed by atoms with Crippen LogP contribution in [-0.2, 0) is 4.74 Å². The third kappa shape index (κ3) is 3.59. The molecule has 3 aromatic rings. The Morgan fingerprint density at radius 3 is 2.61 bits per heavy atom. The fourth-order valence-corrected chi connectivity index (χ4v) is 4.65. The lowest BCUT2D eigenvalue weighted by molar-refractivity contribution is 0.0943. The smallest absolute Gasteiger partial charge is 0.262 e. The summed E-state index contributed by atoms with van der Waals surface area (Å²) < 4.78 is 5.48. The molecule has 1 aliphatic rings. The average Bonchev–Trinajstić information content (AvgIpc) is 3.05. The molecule has 1 saturated heterocycles. The quantitative estimate of drug-likeness (QED) is 0.729. The molecule has 0 radical (unpaired) electrons. The number of aromatic nitrogens is 2. The number of aryl methyl sites for hydroxylation is 2. The minimum absolute atomic E-state index is 0.0650. The molecule has 0 aliphatic carbocycles. The molecule has 3 heterocycles. The normalized spacial score (nSPS) is 15.6. The summed E-state index contributed by atoms with van der Waals surface area (Å²) in [6.45, 7) is 8.87. The van der Waals surface area contributed by atoms with E-state index in [1.807, 2.05) is 51.1 Å². The molecule has 28 heavy (non-hydrogen) atoms. The zero-order valence-corrected chi connectivity index (χ0v) is 17.2. The van der Waals surface area contributed by atoms with Crippen molar-refractivity contribution in [1.82, 2.24) is 15.3 Å². The van der Waals surface area contributed by atoms with E-state index in [0.29, 0.717) is 18.1 Å². The zero-order valence-electron chi connectivity index (χ0n) is 16.4. The van der Waals surface area contributed by atoms with Crippen LogP contribution < -0.4 is 10.2 Å². The summed E-state index contributed by atoms with van der Waals surface area (Å²) in [6.07, 6.45) is 0. The van der Waals surface area contributed by atoms with Gasteiger partial charge in [-0.1, -0.05) is 30.3 Å². The molecule has 1 amide bonds. The number of rotatable bonds is 4. The van der Waals surface area contributed by atoms with E-state index in [9.17, 15) is 4.79 Å². The molecule has 146 valence electrons. The highest BCUT2D eigenvalue weighted by molar-refractivity contribution is 7.20. The van der Waals surface area contributed by atoms with Crippen LogP contribution in [0.1, 0.15) is 39.6 Å². The monoisotopic (exact) mass is 396 g/mol. The summed E-state index contributed by atoms with van der Waals surface area (Å²) in [5.74, 6) is 1.57. The van der Waals surface area contributed by atoms with E-state index < -0.39 is 0 Å². The average molecular weight is 397 g/mol. The van der Waals surface area contributed by atoms with Gasteiger partial charge in [0.2, 0.25) is 0 Å². The molecule has 2 aromatic heterocycles. The van der Waals surface area contributed by atoms with Crippen molar-refractivity contribution in [3.05, 3.63) is 52.2 Å². The maximum atomic E-state index is 13.0. The third-order valence-corrected chi connectivity index (χ3v) is 6.23. The van der Waals surface area contributed by atoms with Crippen LogP contribution in [0.3, 0.4) is 0 Å². The van der Waals surface area contributed by atoms with Crippen molar-refractivity contribution in [3.63, 3.8) is 0 Å². The first-order valence-corrected chi connectivity index (χ1v) is 10.3. The van der Waals surface area contributed by atoms with Crippen molar-refractivity contribution in [2.24, 2.45) is 0 Å². The first-order valence-electron chi connectivity index (χ1n) is 9.51. The van der Waals surface area contributed by atoms with E-state index >= 15 is 0 Å². The molecule has 6 nitrogen and oxygen atoms in total. The number of carbonyl (C=O) groups excluding carboxylic acids is 1. The van der Waals surface area contributed by atoms with E-state index in [4.69, 9.17) is 9.72 Å². The third-order valence-electron chi connectivity index (χ3n) is 5.05. The molecule has 1 aromatic carbocycles. The summed E-state index contributed by atoms with van der Waals surface area (Å²) >= 11 is 1.44. The van der Waals surface area contributed by atoms with Crippen LogP contribution in [0, 0.1) is 13.8 Å². The molecular formula is C21H24N4O2S. The second-order valence-corrected chi connectivity index (χ2v) is 8.04. The molecule has 1 fully saturated rings. The standard InChI is InChI=1S/C21H24N4O2S/c1-13-17-19(25-9-11-27-12-10-25)23-15(3)24-21(17)28-18(13)20(26)22-14(2)16-7-5-4-6-8-16/h4-8,14H,9-12H2,1-3H3,(H,22,26)/t14-/m0/s1. The Hall–Kier alpha value is -2.51. The summed E-state index contributed by atoms with van der Waals surface area (Å²) in [5, 5.41) is 4.10. The van der Waals surface area contributed by atoms with Crippen molar-refractivity contribution >= 4 is 33.3 Å². The van der Waals surface area contributed by atoms with Crippen molar-refractivity contribution < 1.29 is 9.53 Å². The van der Waals surface area contributed by atoms with Crippen LogP contribution in [0.4, 0.5) is 5.82 Å². The number of morpholine rings is 1. The molecular weight excluding hydrogens is 372 g/mol. The summed E-state index contributed by atoms with van der Waals surface area (Å²) in [7, 11) is 0. The van der Waals surface area contributed by atoms with E-state index in [-0.39, 0.29) is 11.9 Å². The SMILES string of the molecule is Cc1nc(N2CCOCC2)c2c(C)c(C(=O)N[C@@H](C)c3ccccc3)sc2n1. The van der Waals surface area contributed by atoms with E-state index in [0.717, 1.165) is 46.1 Å². The van der Waals surface area contributed by atoms with Crippen molar-refractivity contribution in [1.29, 1.82) is 0 Å². The highest BCUT2D eigenvalue weighted by Gasteiger charge is 2.24. The number of anilines is 1. The summed E-state index contributed by atoms with van der Waals surface area (Å²) in [5.41, 5.74) is 2.03. The second-order valence-electron chi connectivity index (χ2n) is 7.04. The lowest BCUT2D eigenvalue weighted by Crippen LogP contribution is -2.37. The van der Waals surface area contributed by atoms with Gasteiger partial charge in [-0.3, -0.25) is 4.79 Å². The molecule has 4 rings (SSSR count). The number of carbonyl (C=O) groups is 1. The van der Waals surface area contributed by atoms with Gasteiger partial charge >= 0.3 is 0 Å². The highest BCUT2D eigenvalue weighted by Crippen LogP contribution is 2.36. The molecule has 1 N–H and O–H groups in total. The Balaban J connectivity index is 1.68. The van der Waals surface area contributed by atoms with E-state index in [1.165, 1.54) is 11.3 Å². The molecule has 7 heteroatoms. The number of fused-ring (bicyclic) bond motifs is 1. The molecule has 0 saturated carbocycles. The van der Waals surface area contributed by atoms with E-state index in [1.54, 1.807) is 0 Å². The first kappa shape index (κ1) is 18.8. The van der Waals surface area contributed by atoms with Gasteiger partial charge in [-0.25, -0.2) is 9.97 Å².